The molecule has 0 unspecified atom stereocenters. The molecule has 0 radical (unpaired) electrons. The van der Waals surface area contributed by atoms with Crippen LogP contribution in [-0.4, -0.2) is 38.1 Å². The fraction of sp³-hybridized carbons (Fsp3) is 0.190. The van der Waals surface area contributed by atoms with Crippen LogP contribution < -0.4 is 10.6 Å². The van der Waals surface area contributed by atoms with E-state index in [9.17, 15) is 14.4 Å². The van der Waals surface area contributed by atoms with Gasteiger partial charge in [-0.2, -0.15) is 0 Å². The van der Waals surface area contributed by atoms with Crippen LogP contribution in [0.2, 0.25) is 0 Å². The molecule has 1 heterocycles. The Morgan fingerprint density at radius 2 is 1.80 bits per heavy atom. The number of nitrogens with one attached hydrogen (secondary N) is 2. The molecule has 0 aliphatic carbocycles. The van der Waals surface area contributed by atoms with Gasteiger partial charge in [0.15, 0.2) is 10.9 Å². The van der Waals surface area contributed by atoms with Crippen LogP contribution >= 0.6 is 11.8 Å². The number of rotatable bonds is 8. The summed E-state index contributed by atoms with van der Waals surface area (Å²) in [6.07, 6.45) is 1.95. The standard InChI is InChI=1S/C21H21N5O3S/c1-3-20(29)24-16-9-7-15(8-10-16)19(28)12-30-21-25-22-13-26(21)18-6-4-5-17(11-18)23-14(2)27/h4-11,13H,3,12H2,1-2H3,(H,23,27)(H,24,29). The van der Waals surface area contributed by atoms with Crippen molar-refractivity contribution in [3.63, 3.8) is 0 Å². The van der Waals surface area contributed by atoms with Crippen molar-refractivity contribution in [2.24, 2.45) is 0 Å². The molecular formula is C21H21N5O3S. The lowest BCUT2D eigenvalue weighted by atomic mass is 10.1. The second-order valence-electron chi connectivity index (χ2n) is 6.41. The molecule has 3 aromatic rings. The van der Waals surface area contributed by atoms with E-state index in [2.05, 4.69) is 20.8 Å². The maximum Gasteiger partial charge on any atom is 0.224 e. The largest absolute Gasteiger partial charge is 0.326 e. The number of benzene rings is 2. The van der Waals surface area contributed by atoms with Crippen molar-refractivity contribution in [1.82, 2.24) is 14.8 Å². The molecule has 30 heavy (non-hydrogen) atoms. The Labute approximate surface area is 178 Å². The first kappa shape index (κ1) is 21.3. The molecule has 0 atom stereocenters. The molecule has 2 aromatic carbocycles. The Bertz CT molecular complexity index is 1060. The lowest BCUT2D eigenvalue weighted by Gasteiger charge is -2.09. The van der Waals surface area contributed by atoms with Crippen molar-refractivity contribution in [2.45, 2.75) is 25.4 Å². The fourth-order valence-electron chi connectivity index (χ4n) is 2.64. The first-order valence-electron chi connectivity index (χ1n) is 9.30. The molecule has 2 amide bonds. The van der Waals surface area contributed by atoms with E-state index in [0.29, 0.717) is 28.5 Å². The number of amides is 2. The Morgan fingerprint density at radius 1 is 1.03 bits per heavy atom. The molecule has 0 spiro atoms. The quantitative estimate of drug-likeness (QED) is 0.424. The molecule has 154 valence electrons. The average molecular weight is 423 g/mol. The Hall–Kier alpha value is -3.46. The maximum atomic E-state index is 12.5. The third-order valence-electron chi connectivity index (χ3n) is 4.11. The fourth-order valence-corrected chi connectivity index (χ4v) is 3.46. The van der Waals surface area contributed by atoms with E-state index < -0.39 is 0 Å². The Morgan fingerprint density at radius 3 is 2.50 bits per heavy atom. The summed E-state index contributed by atoms with van der Waals surface area (Å²) in [5.74, 6) is -0.108. The number of hydrogen-bond acceptors (Lipinski definition) is 6. The molecule has 0 aliphatic heterocycles. The number of nitrogens with zero attached hydrogens (tertiary/aromatic N) is 3. The van der Waals surface area contributed by atoms with Gasteiger partial charge in [-0.05, 0) is 42.5 Å². The highest BCUT2D eigenvalue weighted by atomic mass is 32.2. The number of aromatic nitrogens is 3. The minimum atomic E-state index is -0.156. The summed E-state index contributed by atoms with van der Waals surface area (Å²) in [4.78, 5) is 35.3. The van der Waals surface area contributed by atoms with E-state index >= 15 is 0 Å². The van der Waals surface area contributed by atoms with E-state index in [1.54, 1.807) is 54.2 Å². The van der Waals surface area contributed by atoms with Crippen molar-refractivity contribution in [2.75, 3.05) is 16.4 Å². The van der Waals surface area contributed by atoms with Gasteiger partial charge in [-0.3, -0.25) is 19.0 Å². The van der Waals surface area contributed by atoms with Crippen LogP contribution in [0.15, 0.2) is 60.0 Å². The lowest BCUT2D eigenvalue weighted by molar-refractivity contribution is -0.116. The van der Waals surface area contributed by atoms with Crippen LogP contribution in [0.5, 0.6) is 0 Å². The first-order chi connectivity index (χ1) is 14.5. The second kappa shape index (κ2) is 9.84. The number of anilines is 2. The monoisotopic (exact) mass is 423 g/mol. The first-order valence-corrected chi connectivity index (χ1v) is 10.3. The minimum absolute atomic E-state index is 0.0603. The molecule has 0 saturated heterocycles. The van der Waals surface area contributed by atoms with Gasteiger partial charge < -0.3 is 10.6 Å². The van der Waals surface area contributed by atoms with Gasteiger partial charge in [0.1, 0.15) is 6.33 Å². The molecule has 0 fully saturated rings. The number of hydrogen-bond donors (Lipinski definition) is 2. The third-order valence-corrected chi connectivity index (χ3v) is 5.05. The molecule has 0 saturated carbocycles. The molecule has 9 heteroatoms. The Kier molecular flexibility index (Phi) is 6.97. The van der Waals surface area contributed by atoms with Gasteiger partial charge in [0, 0.05) is 30.3 Å². The van der Waals surface area contributed by atoms with Gasteiger partial charge in [-0.1, -0.05) is 24.8 Å². The number of thioether (sulfide) groups is 1. The van der Waals surface area contributed by atoms with E-state index in [0.717, 1.165) is 5.69 Å². The predicted octanol–water partition coefficient (Wildman–Crippen LogP) is 3.55. The summed E-state index contributed by atoms with van der Waals surface area (Å²) in [6, 6.07) is 14.1. The topological polar surface area (TPSA) is 106 Å². The third kappa shape index (κ3) is 5.54. The van der Waals surface area contributed by atoms with E-state index in [-0.39, 0.29) is 23.4 Å². The smallest absolute Gasteiger partial charge is 0.224 e. The van der Waals surface area contributed by atoms with Crippen LogP contribution in [0, 0.1) is 0 Å². The van der Waals surface area contributed by atoms with Crippen molar-refractivity contribution in [3.05, 3.63) is 60.4 Å². The molecule has 0 aliphatic rings. The van der Waals surface area contributed by atoms with Crippen molar-refractivity contribution in [3.8, 4) is 5.69 Å². The molecule has 3 rings (SSSR count). The highest BCUT2D eigenvalue weighted by Gasteiger charge is 2.12. The van der Waals surface area contributed by atoms with Gasteiger partial charge in [-0.15, -0.1) is 10.2 Å². The highest BCUT2D eigenvalue weighted by Crippen LogP contribution is 2.23. The number of carbonyl (C=O) groups excluding carboxylic acids is 3. The van der Waals surface area contributed by atoms with E-state index in [4.69, 9.17) is 0 Å². The van der Waals surface area contributed by atoms with Crippen LogP contribution in [-0.2, 0) is 9.59 Å². The van der Waals surface area contributed by atoms with Gasteiger partial charge in [0.2, 0.25) is 11.8 Å². The number of ketones is 1. The van der Waals surface area contributed by atoms with Crippen LogP contribution in [0.1, 0.15) is 30.6 Å². The normalized spacial score (nSPS) is 10.5. The van der Waals surface area contributed by atoms with Gasteiger partial charge in [0.05, 0.1) is 11.4 Å². The van der Waals surface area contributed by atoms with Crippen molar-refractivity contribution >= 4 is 40.7 Å². The number of carbonyl (C=O) groups is 3. The van der Waals surface area contributed by atoms with Crippen molar-refractivity contribution < 1.29 is 14.4 Å². The van der Waals surface area contributed by atoms with Gasteiger partial charge >= 0.3 is 0 Å². The molecular weight excluding hydrogens is 402 g/mol. The van der Waals surface area contributed by atoms with E-state index in [1.165, 1.54) is 18.7 Å². The lowest BCUT2D eigenvalue weighted by Crippen LogP contribution is -2.10. The SMILES string of the molecule is CCC(=O)Nc1ccc(C(=O)CSc2nncn2-c2cccc(NC(C)=O)c2)cc1. The van der Waals surface area contributed by atoms with Crippen LogP contribution in [0.3, 0.4) is 0 Å². The average Bonchev–Trinajstić information content (AvgIpc) is 3.21. The summed E-state index contributed by atoms with van der Waals surface area (Å²) >= 11 is 1.27. The van der Waals surface area contributed by atoms with Crippen LogP contribution in [0.25, 0.3) is 5.69 Å². The van der Waals surface area contributed by atoms with Crippen molar-refractivity contribution in [1.29, 1.82) is 0 Å². The molecule has 8 nitrogen and oxygen atoms in total. The molecule has 1 aromatic heterocycles. The predicted molar refractivity (Wildman–Crippen MR) is 116 cm³/mol. The summed E-state index contributed by atoms with van der Waals surface area (Å²) in [6.45, 7) is 3.22. The van der Waals surface area contributed by atoms with Crippen LogP contribution in [0.4, 0.5) is 11.4 Å². The highest BCUT2D eigenvalue weighted by molar-refractivity contribution is 7.99. The summed E-state index contributed by atoms with van der Waals surface area (Å²) < 4.78 is 1.76. The summed E-state index contributed by atoms with van der Waals surface area (Å²) in [5.41, 5.74) is 2.65. The maximum absolute atomic E-state index is 12.5. The molecule has 0 bridgehead atoms. The summed E-state index contributed by atoms with van der Waals surface area (Å²) in [7, 11) is 0. The zero-order chi connectivity index (χ0) is 21.5. The zero-order valence-electron chi connectivity index (χ0n) is 16.6. The second-order valence-corrected chi connectivity index (χ2v) is 7.35. The summed E-state index contributed by atoms with van der Waals surface area (Å²) in [5, 5.41) is 14.1. The Balaban J connectivity index is 1.66. The minimum Gasteiger partial charge on any atom is -0.326 e. The molecule has 2 N–H and O–H groups in total. The number of Topliss-reactive ketones (excluding diaryl/α,β-unsaturated/α-hetero) is 1. The zero-order valence-corrected chi connectivity index (χ0v) is 17.4. The van der Waals surface area contributed by atoms with Gasteiger partial charge in [-0.25, -0.2) is 0 Å². The van der Waals surface area contributed by atoms with E-state index in [1.807, 2.05) is 12.1 Å². The van der Waals surface area contributed by atoms with Gasteiger partial charge in [0.25, 0.3) is 0 Å².